The Labute approximate surface area is 135 Å². The van der Waals surface area contributed by atoms with Gasteiger partial charge in [0.1, 0.15) is 0 Å². The van der Waals surface area contributed by atoms with Gasteiger partial charge in [-0.1, -0.05) is 34.6 Å². The maximum Gasteiger partial charge on any atom is 0.229 e. The Bertz CT molecular complexity index is 390. The third-order valence-corrected chi connectivity index (χ3v) is 5.21. The van der Waals surface area contributed by atoms with E-state index in [0.29, 0.717) is 25.4 Å². The molecule has 2 aliphatic rings. The van der Waals surface area contributed by atoms with Crippen molar-refractivity contribution >= 4 is 5.78 Å². The normalized spacial score (nSPS) is 33.1. The standard InChI is InChI=1S/C18H33NO3/c1-6-10-19(7-2)12-15-13-21-18(22-15)9-8-14(11-16(18)20)17(3,4)5/h14-15H,6-13H2,1-5H3. The molecule has 1 spiro atoms. The number of nitrogens with zero attached hydrogens (tertiary/aromatic N) is 1. The highest BCUT2D eigenvalue weighted by molar-refractivity contribution is 5.87. The summed E-state index contributed by atoms with van der Waals surface area (Å²) in [7, 11) is 0. The van der Waals surface area contributed by atoms with Gasteiger partial charge in [-0.15, -0.1) is 0 Å². The highest BCUT2D eigenvalue weighted by Gasteiger charge is 2.52. The van der Waals surface area contributed by atoms with E-state index in [1.165, 1.54) is 0 Å². The van der Waals surface area contributed by atoms with Crippen molar-refractivity contribution in [2.45, 2.75) is 72.2 Å². The molecule has 0 radical (unpaired) electrons. The molecule has 1 heterocycles. The zero-order valence-corrected chi connectivity index (χ0v) is 15.0. The predicted molar refractivity (Wildman–Crippen MR) is 87.8 cm³/mol. The second-order valence-electron chi connectivity index (χ2n) is 7.93. The average Bonchev–Trinajstić information content (AvgIpc) is 2.84. The van der Waals surface area contributed by atoms with E-state index in [4.69, 9.17) is 9.47 Å². The molecule has 2 fully saturated rings. The molecule has 1 aliphatic carbocycles. The third kappa shape index (κ3) is 3.90. The van der Waals surface area contributed by atoms with Crippen molar-refractivity contribution in [3.63, 3.8) is 0 Å². The number of ketones is 1. The summed E-state index contributed by atoms with van der Waals surface area (Å²) >= 11 is 0. The van der Waals surface area contributed by atoms with Crippen LogP contribution in [0.4, 0.5) is 0 Å². The highest BCUT2D eigenvalue weighted by Crippen LogP contribution is 2.43. The van der Waals surface area contributed by atoms with E-state index in [2.05, 4.69) is 39.5 Å². The van der Waals surface area contributed by atoms with E-state index in [9.17, 15) is 4.79 Å². The van der Waals surface area contributed by atoms with Crippen molar-refractivity contribution in [2.24, 2.45) is 11.3 Å². The molecule has 128 valence electrons. The fourth-order valence-corrected chi connectivity index (χ4v) is 3.64. The van der Waals surface area contributed by atoms with Gasteiger partial charge in [-0.25, -0.2) is 0 Å². The van der Waals surface area contributed by atoms with Crippen LogP contribution < -0.4 is 0 Å². The summed E-state index contributed by atoms with van der Waals surface area (Å²) in [4.78, 5) is 15.0. The van der Waals surface area contributed by atoms with Gasteiger partial charge < -0.3 is 14.4 Å². The van der Waals surface area contributed by atoms with Crippen molar-refractivity contribution in [1.29, 1.82) is 0 Å². The number of rotatable bonds is 5. The topological polar surface area (TPSA) is 38.8 Å². The molecule has 4 nitrogen and oxygen atoms in total. The molecule has 0 bridgehead atoms. The van der Waals surface area contributed by atoms with Gasteiger partial charge in [0.25, 0.3) is 0 Å². The molecule has 1 saturated heterocycles. The maximum absolute atomic E-state index is 12.6. The van der Waals surface area contributed by atoms with E-state index >= 15 is 0 Å². The molecule has 0 amide bonds. The molecule has 3 atom stereocenters. The highest BCUT2D eigenvalue weighted by atomic mass is 16.7. The minimum Gasteiger partial charge on any atom is -0.341 e. The minimum absolute atomic E-state index is 0.0293. The zero-order chi connectivity index (χ0) is 16.4. The first-order chi connectivity index (χ1) is 10.3. The van der Waals surface area contributed by atoms with Crippen LogP contribution in [0.5, 0.6) is 0 Å². The molecule has 2 rings (SSSR count). The lowest BCUT2D eigenvalue weighted by molar-refractivity contribution is -0.199. The Morgan fingerprint density at radius 3 is 2.59 bits per heavy atom. The summed E-state index contributed by atoms with van der Waals surface area (Å²) in [6.45, 7) is 14.5. The molecular weight excluding hydrogens is 278 g/mol. The number of carbonyl (C=O) groups excluding carboxylic acids is 1. The van der Waals surface area contributed by atoms with E-state index < -0.39 is 5.79 Å². The molecule has 0 aromatic rings. The van der Waals surface area contributed by atoms with Gasteiger partial charge in [-0.05, 0) is 37.3 Å². The molecule has 1 saturated carbocycles. The fraction of sp³-hybridized carbons (Fsp3) is 0.944. The number of Topliss-reactive ketones (excluding diaryl/α,β-unsaturated/α-hetero) is 1. The van der Waals surface area contributed by atoms with E-state index in [-0.39, 0.29) is 17.3 Å². The van der Waals surface area contributed by atoms with Crippen molar-refractivity contribution in [1.82, 2.24) is 4.90 Å². The molecule has 22 heavy (non-hydrogen) atoms. The summed E-state index contributed by atoms with van der Waals surface area (Å²) in [5.41, 5.74) is 0.176. The van der Waals surface area contributed by atoms with Crippen LogP contribution in [0.25, 0.3) is 0 Å². The largest absolute Gasteiger partial charge is 0.341 e. The van der Waals surface area contributed by atoms with Crippen LogP contribution >= 0.6 is 0 Å². The van der Waals surface area contributed by atoms with Crippen LogP contribution in [0.1, 0.15) is 60.3 Å². The van der Waals surface area contributed by atoms with Gasteiger partial charge in [-0.2, -0.15) is 0 Å². The zero-order valence-electron chi connectivity index (χ0n) is 15.0. The molecule has 0 N–H and O–H groups in total. The smallest absolute Gasteiger partial charge is 0.229 e. The van der Waals surface area contributed by atoms with Crippen LogP contribution in [0.15, 0.2) is 0 Å². The van der Waals surface area contributed by atoms with Crippen LogP contribution in [0, 0.1) is 11.3 Å². The lowest BCUT2D eigenvalue weighted by Gasteiger charge is -2.39. The quantitative estimate of drug-likeness (QED) is 0.781. The Morgan fingerprint density at radius 1 is 1.32 bits per heavy atom. The van der Waals surface area contributed by atoms with Crippen molar-refractivity contribution < 1.29 is 14.3 Å². The first kappa shape index (κ1) is 17.9. The number of likely N-dealkylation sites (N-methyl/N-ethyl adjacent to an activating group) is 1. The number of carbonyl (C=O) groups is 1. The van der Waals surface area contributed by atoms with Crippen LogP contribution in [-0.4, -0.2) is 48.8 Å². The van der Waals surface area contributed by atoms with Gasteiger partial charge >= 0.3 is 0 Å². The third-order valence-electron chi connectivity index (χ3n) is 5.21. The fourth-order valence-electron chi connectivity index (χ4n) is 3.64. The Kier molecular flexibility index (Phi) is 5.68. The number of hydrogen-bond acceptors (Lipinski definition) is 4. The first-order valence-electron chi connectivity index (χ1n) is 8.88. The lowest BCUT2D eigenvalue weighted by atomic mass is 9.70. The van der Waals surface area contributed by atoms with Gasteiger partial charge in [-0.3, -0.25) is 4.79 Å². The van der Waals surface area contributed by atoms with Crippen molar-refractivity contribution in [3.8, 4) is 0 Å². The summed E-state index contributed by atoms with van der Waals surface area (Å²) in [5, 5.41) is 0. The van der Waals surface area contributed by atoms with Gasteiger partial charge in [0.2, 0.25) is 5.79 Å². The summed E-state index contributed by atoms with van der Waals surface area (Å²) in [6, 6.07) is 0. The number of ether oxygens (including phenoxy) is 2. The monoisotopic (exact) mass is 311 g/mol. The average molecular weight is 311 g/mol. The second kappa shape index (κ2) is 6.98. The molecular formula is C18H33NO3. The van der Waals surface area contributed by atoms with E-state index in [0.717, 1.165) is 32.5 Å². The first-order valence-corrected chi connectivity index (χ1v) is 8.88. The molecule has 0 aromatic carbocycles. The summed E-state index contributed by atoms with van der Waals surface area (Å²) in [6.07, 6.45) is 3.47. The van der Waals surface area contributed by atoms with Crippen LogP contribution in [0.3, 0.4) is 0 Å². The van der Waals surface area contributed by atoms with Gasteiger partial charge in [0, 0.05) is 19.4 Å². The van der Waals surface area contributed by atoms with Crippen LogP contribution in [0.2, 0.25) is 0 Å². The van der Waals surface area contributed by atoms with Gasteiger partial charge in [0.15, 0.2) is 5.78 Å². The summed E-state index contributed by atoms with van der Waals surface area (Å²) < 4.78 is 12.0. The second-order valence-corrected chi connectivity index (χ2v) is 7.93. The predicted octanol–water partition coefficient (Wildman–Crippen LogP) is 3.25. The van der Waals surface area contributed by atoms with Crippen molar-refractivity contribution in [2.75, 3.05) is 26.2 Å². The summed E-state index contributed by atoms with van der Waals surface area (Å²) in [5.74, 6) is -0.346. The van der Waals surface area contributed by atoms with E-state index in [1.54, 1.807) is 0 Å². The molecule has 3 unspecified atom stereocenters. The molecule has 0 aromatic heterocycles. The maximum atomic E-state index is 12.6. The van der Waals surface area contributed by atoms with E-state index in [1.807, 2.05) is 0 Å². The Balaban J connectivity index is 1.93. The molecule has 4 heteroatoms. The Morgan fingerprint density at radius 2 is 2.05 bits per heavy atom. The minimum atomic E-state index is -0.932. The lowest BCUT2D eigenvalue weighted by Crippen LogP contribution is -2.47. The SMILES string of the molecule is CCCN(CC)CC1COC2(CCC(C(C)(C)C)CC2=O)O1. The Hall–Kier alpha value is -0.450. The van der Waals surface area contributed by atoms with Crippen molar-refractivity contribution in [3.05, 3.63) is 0 Å². The van der Waals surface area contributed by atoms with Crippen LogP contribution in [-0.2, 0) is 14.3 Å². The number of hydrogen-bond donors (Lipinski definition) is 0. The molecule has 1 aliphatic heterocycles. The van der Waals surface area contributed by atoms with Gasteiger partial charge in [0.05, 0.1) is 12.7 Å².